The van der Waals surface area contributed by atoms with Gasteiger partial charge in [-0.3, -0.25) is 4.79 Å². The molecule has 0 aliphatic heterocycles. The number of thioether (sulfide) groups is 1. The lowest BCUT2D eigenvalue weighted by molar-refractivity contribution is -0.124. The average Bonchev–Trinajstić information content (AvgIpc) is 3.22. The molecule has 1 amide bonds. The number of hydrogen-bond acceptors (Lipinski definition) is 3. The highest BCUT2D eigenvalue weighted by molar-refractivity contribution is 7.98. The highest BCUT2D eigenvalue weighted by Gasteiger charge is 2.19. The zero-order chi connectivity index (χ0) is 16.9. The maximum absolute atomic E-state index is 12.6. The van der Waals surface area contributed by atoms with E-state index >= 15 is 0 Å². The summed E-state index contributed by atoms with van der Waals surface area (Å²) in [4.78, 5) is 20.4. The van der Waals surface area contributed by atoms with Crippen molar-refractivity contribution in [2.24, 2.45) is 0 Å². The molecule has 2 N–H and O–H groups in total. The van der Waals surface area contributed by atoms with Gasteiger partial charge >= 0.3 is 0 Å². The molecular weight excluding hydrogens is 320 g/mol. The van der Waals surface area contributed by atoms with Crippen LogP contribution < -0.4 is 5.32 Å². The van der Waals surface area contributed by atoms with Gasteiger partial charge < -0.3 is 14.9 Å². The monoisotopic (exact) mass is 342 g/mol. The van der Waals surface area contributed by atoms with Gasteiger partial charge in [-0.05, 0) is 55.2 Å². The summed E-state index contributed by atoms with van der Waals surface area (Å²) in [5.41, 5.74) is 3.12. The molecule has 3 rings (SSSR count). The molecule has 2 heterocycles. The summed E-state index contributed by atoms with van der Waals surface area (Å²) in [5, 5.41) is 3.01. The lowest BCUT2D eigenvalue weighted by Crippen LogP contribution is -2.32. The maximum atomic E-state index is 12.6. The Bertz CT molecular complexity index is 810. The predicted molar refractivity (Wildman–Crippen MR) is 99.1 cm³/mol. The van der Waals surface area contributed by atoms with E-state index in [1.807, 2.05) is 41.2 Å². The Morgan fingerprint density at radius 2 is 2.17 bits per heavy atom. The standard InChI is InChI=1S/C18H22N4OS/c1-13-5-6-14-15(11-13)21-17(20-14)12-19-18(23)16(7-10-24-2)22-8-3-4-9-22/h3-6,8-9,11,16H,7,10,12H2,1-2H3,(H,19,23)(H,20,21). The van der Waals surface area contributed by atoms with Gasteiger partial charge in [0.2, 0.25) is 5.91 Å². The maximum Gasteiger partial charge on any atom is 0.243 e. The lowest BCUT2D eigenvalue weighted by Gasteiger charge is -2.18. The molecule has 0 saturated heterocycles. The van der Waals surface area contributed by atoms with Crippen molar-refractivity contribution in [2.75, 3.05) is 12.0 Å². The molecule has 0 aliphatic carbocycles. The summed E-state index contributed by atoms with van der Waals surface area (Å²) in [6.07, 6.45) is 6.74. The van der Waals surface area contributed by atoms with Crippen LogP contribution in [-0.4, -0.2) is 32.5 Å². The summed E-state index contributed by atoms with van der Waals surface area (Å²) >= 11 is 1.75. The van der Waals surface area contributed by atoms with E-state index < -0.39 is 0 Å². The van der Waals surface area contributed by atoms with Gasteiger partial charge in [-0.25, -0.2) is 4.98 Å². The summed E-state index contributed by atoms with van der Waals surface area (Å²) in [5.74, 6) is 1.75. The van der Waals surface area contributed by atoms with Crippen LogP contribution in [0, 0.1) is 6.92 Å². The molecule has 2 aromatic heterocycles. The Morgan fingerprint density at radius 1 is 1.38 bits per heavy atom. The number of nitrogens with zero attached hydrogens (tertiary/aromatic N) is 2. The molecule has 6 heteroatoms. The van der Waals surface area contributed by atoms with Crippen LogP contribution >= 0.6 is 11.8 Å². The van der Waals surface area contributed by atoms with Gasteiger partial charge in [-0.2, -0.15) is 11.8 Å². The van der Waals surface area contributed by atoms with E-state index in [9.17, 15) is 4.79 Å². The Morgan fingerprint density at radius 3 is 2.92 bits per heavy atom. The lowest BCUT2D eigenvalue weighted by atomic mass is 10.2. The second-order valence-corrected chi connectivity index (χ2v) is 6.84. The van der Waals surface area contributed by atoms with Crippen molar-refractivity contribution >= 4 is 28.7 Å². The normalized spacial score (nSPS) is 12.4. The third-order valence-electron chi connectivity index (χ3n) is 4.00. The van der Waals surface area contributed by atoms with Crippen molar-refractivity contribution in [3.63, 3.8) is 0 Å². The second-order valence-electron chi connectivity index (χ2n) is 5.85. The van der Waals surface area contributed by atoms with Gasteiger partial charge in [0.05, 0.1) is 17.6 Å². The minimum atomic E-state index is -0.181. The number of nitrogens with one attached hydrogen (secondary N) is 2. The van der Waals surface area contributed by atoms with Crippen LogP contribution in [0.15, 0.2) is 42.7 Å². The molecule has 0 saturated carbocycles. The fourth-order valence-electron chi connectivity index (χ4n) is 2.75. The van der Waals surface area contributed by atoms with Crippen LogP contribution in [0.4, 0.5) is 0 Å². The number of fused-ring (bicyclic) bond motifs is 1. The molecule has 3 aromatic rings. The molecule has 24 heavy (non-hydrogen) atoms. The fourth-order valence-corrected chi connectivity index (χ4v) is 3.21. The average molecular weight is 342 g/mol. The number of carbonyl (C=O) groups is 1. The molecule has 1 aromatic carbocycles. The van der Waals surface area contributed by atoms with E-state index in [4.69, 9.17) is 0 Å². The Labute approximate surface area is 145 Å². The molecule has 1 unspecified atom stereocenters. The summed E-state index contributed by atoms with van der Waals surface area (Å²) in [6, 6.07) is 9.80. The number of aromatic amines is 1. The van der Waals surface area contributed by atoms with Crippen LogP contribution in [0.3, 0.4) is 0 Å². The second kappa shape index (κ2) is 7.57. The fraction of sp³-hybridized carbons (Fsp3) is 0.333. The quantitative estimate of drug-likeness (QED) is 0.692. The first-order valence-electron chi connectivity index (χ1n) is 8.01. The minimum absolute atomic E-state index is 0.0249. The van der Waals surface area contributed by atoms with Crippen molar-refractivity contribution < 1.29 is 4.79 Å². The molecular formula is C18H22N4OS. The van der Waals surface area contributed by atoms with E-state index in [2.05, 4.69) is 34.5 Å². The van der Waals surface area contributed by atoms with Crippen molar-refractivity contribution in [1.82, 2.24) is 19.9 Å². The molecule has 0 fully saturated rings. The highest BCUT2D eigenvalue weighted by Crippen LogP contribution is 2.16. The molecule has 126 valence electrons. The van der Waals surface area contributed by atoms with Gasteiger partial charge in [-0.15, -0.1) is 0 Å². The third kappa shape index (κ3) is 3.82. The number of benzene rings is 1. The van der Waals surface area contributed by atoms with Gasteiger partial charge in [0.15, 0.2) is 0 Å². The number of imidazole rings is 1. The first-order valence-corrected chi connectivity index (χ1v) is 9.41. The van der Waals surface area contributed by atoms with Crippen LogP contribution in [0.1, 0.15) is 23.9 Å². The van der Waals surface area contributed by atoms with Crippen LogP contribution in [0.2, 0.25) is 0 Å². The van der Waals surface area contributed by atoms with Crippen molar-refractivity contribution in [3.05, 3.63) is 54.1 Å². The number of aryl methyl sites for hydroxylation is 1. The molecule has 0 aliphatic rings. The largest absolute Gasteiger partial charge is 0.347 e. The van der Waals surface area contributed by atoms with Crippen molar-refractivity contribution in [3.8, 4) is 0 Å². The minimum Gasteiger partial charge on any atom is -0.347 e. The highest BCUT2D eigenvalue weighted by atomic mass is 32.2. The van der Waals surface area contributed by atoms with Gasteiger partial charge in [0.1, 0.15) is 11.9 Å². The smallest absolute Gasteiger partial charge is 0.243 e. The number of H-pyrrole nitrogens is 1. The molecule has 0 spiro atoms. The van der Waals surface area contributed by atoms with Crippen molar-refractivity contribution in [2.45, 2.75) is 25.9 Å². The van der Waals surface area contributed by atoms with E-state index in [1.54, 1.807) is 11.8 Å². The Balaban J connectivity index is 1.67. The summed E-state index contributed by atoms with van der Waals surface area (Å²) in [7, 11) is 0. The number of rotatable bonds is 7. The number of amides is 1. The summed E-state index contributed by atoms with van der Waals surface area (Å²) < 4.78 is 1.97. The molecule has 0 bridgehead atoms. The first kappa shape index (κ1) is 16.6. The first-order chi connectivity index (χ1) is 11.7. The predicted octanol–water partition coefficient (Wildman–Crippen LogP) is 3.28. The number of aromatic nitrogens is 3. The molecule has 5 nitrogen and oxygen atoms in total. The van der Waals surface area contributed by atoms with Crippen LogP contribution in [0.5, 0.6) is 0 Å². The number of hydrogen-bond donors (Lipinski definition) is 2. The van der Waals surface area contributed by atoms with Gasteiger partial charge in [0.25, 0.3) is 0 Å². The Hall–Kier alpha value is -2.21. The SMILES string of the molecule is CSCCC(C(=O)NCc1nc2ccc(C)cc2[nH]1)n1cccc1. The van der Waals surface area contributed by atoms with E-state index in [1.165, 1.54) is 5.56 Å². The van der Waals surface area contributed by atoms with Crippen LogP contribution in [-0.2, 0) is 11.3 Å². The number of carbonyl (C=O) groups excluding carboxylic acids is 1. The zero-order valence-corrected chi connectivity index (χ0v) is 14.8. The van der Waals surface area contributed by atoms with Crippen LogP contribution in [0.25, 0.3) is 11.0 Å². The topological polar surface area (TPSA) is 62.7 Å². The van der Waals surface area contributed by atoms with Gasteiger partial charge in [0, 0.05) is 12.4 Å². The van der Waals surface area contributed by atoms with E-state index in [0.29, 0.717) is 6.54 Å². The third-order valence-corrected chi connectivity index (χ3v) is 4.65. The van der Waals surface area contributed by atoms with Crippen molar-refractivity contribution in [1.29, 1.82) is 0 Å². The van der Waals surface area contributed by atoms with E-state index in [0.717, 1.165) is 29.0 Å². The van der Waals surface area contributed by atoms with E-state index in [-0.39, 0.29) is 11.9 Å². The van der Waals surface area contributed by atoms with Gasteiger partial charge in [-0.1, -0.05) is 6.07 Å². The summed E-state index contributed by atoms with van der Waals surface area (Å²) in [6.45, 7) is 2.46. The zero-order valence-electron chi connectivity index (χ0n) is 14.0. The Kier molecular flexibility index (Phi) is 5.25. The molecule has 0 radical (unpaired) electrons. The molecule has 1 atom stereocenters.